The molecule has 0 spiro atoms. The van der Waals surface area contributed by atoms with Crippen molar-refractivity contribution in [2.75, 3.05) is 46.5 Å². The lowest BCUT2D eigenvalue weighted by atomic mass is 10.0. The second-order valence-corrected chi connectivity index (χ2v) is 10.8. The Morgan fingerprint density at radius 3 is 2.50 bits per heavy atom. The number of ether oxygens (including phenoxy) is 2. The SMILES string of the molecule is COc1ccccc1CN1CCC(NC(=O)c2cc(S(=O)(=O)N3CCOCC3)ccc2C)CC1. The number of benzene rings is 2. The monoisotopic (exact) mass is 487 g/mol. The molecule has 34 heavy (non-hydrogen) atoms. The largest absolute Gasteiger partial charge is 0.496 e. The molecule has 8 nitrogen and oxygen atoms in total. The Balaban J connectivity index is 1.37. The molecule has 0 atom stereocenters. The zero-order chi connectivity index (χ0) is 24.1. The van der Waals surface area contributed by atoms with Crippen LogP contribution < -0.4 is 10.1 Å². The van der Waals surface area contributed by atoms with Crippen LogP contribution in [0.1, 0.15) is 34.3 Å². The number of methoxy groups -OCH3 is 1. The van der Waals surface area contributed by atoms with Gasteiger partial charge in [-0.3, -0.25) is 9.69 Å². The Bertz CT molecular complexity index is 1110. The van der Waals surface area contributed by atoms with Crippen molar-refractivity contribution in [3.8, 4) is 5.75 Å². The molecule has 0 saturated carbocycles. The zero-order valence-corrected chi connectivity index (χ0v) is 20.6. The summed E-state index contributed by atoms with van der Waals surface area (Å²) >= 11 is 0. The number of likely N-dealkylation sites (tertiary alicyclic amines) is 1. The smallest absolute Gasteiger partial charge is 0.251 e. The van der Waals surface area contributed by atoms with Gasteiger partial charge in [0.1, 0.15) is 5.75 Å². The van der Waals surface area contributed by atoms with E-state index in [4.69, 9.17) is 9.47 Å². The highest BCUT2D eigenvalue weighted by molar-refractivity contribution is 7.89. The van der Waals surface area contributed by atoms with Gasteiger partial charge < -0.3 is 14.8 Å². The van der Waals surface area contributed by atoms with Gasteiger partial charge in [0.05, 0.1) is 25.2 Å². The summed E-state index contributed by atoms with van der Waals surface area (Å²) in [7, 11) is -1.97. The fourth-order valence-corrected chi connectivity index (χ4v) is 5.95. The number of hydrogen-bond donors (Lipinski definition) is 1. The Kier molecular flexibility index (Phi) is 7.88. The highest BCUT2D eigenvalue weighted by Crippen LogP contribution is 2.23. The van der Waals surface area contributed by atoms with Gasteiger partial charge in [0.2, 0.25) is 10.0 Å². The minimum Gasteiger partial charge on any atom is -0.496 e. The molecule has 0 aliphatic carbocycles. The number of rotatable bonds is 7. The third kappa shape index (κ3) is 5.60. The van der Waals surface area contributed by atoms with Crippen molar-refractivity contribution < 1.29 is 22.7 Å². The maximum Gasteiger partial charge on any atom is 0.251 e. The van der Waals surface area contributed by atoms with Crippen LogP contribution in [0.3, 0.4) is 0 Å². The van der Waals surface area contributed by atoms with Crippen LogP contribution in [-0.4, -0.2) is 76.1 Å². The predicted molar refractivity (Wildman–Crippen MR) is 130 cm³/mol. The van der Waals surface area contributed by atoms with Gasteiger partial charge in [0.15, 0.2) is 0 Å². The van der Waals surface area contributed by atoms with Crippen LogP contribution in [0.4, 0.5) is 0 Å². The van der Waals surface area contributed by atoms with E-state index in [9.17, 15) is 13.2 Å². The van der Waals surface area contributed by atoms with Crippen molar-refractivity contribution in [2.24, 2.45) is 0 Å². The van der Waals surface area contributed by atoms with Gasteiger partial charge in [-0.2, -0.15) is 4.31 Å². The van der Waals surface area contributed by atoms with E-state index in [0.717, 1.165) is 49.4 Å². The van der Waals surface area contributed by atoms with Crippen LogP contribution >= 0.6 is 0 Å². The molecule has 2 aromatic rings. The molecule has 2 saturated heterocycles. The molecule has 0 bridgehead atoms. The summed E-state index contributed by atoms with van der Waals surface area (Å²) in [5, 5.41) is 3.12. The molecule has 0 aromatic heterocycles. The summed E-state index contributed by atoms with van der Waals surface area (Å²) in [4.78, 5) is 15.6. The van der Waals surface area contributed by atoms with E-state index in [1.54, 1.807) is 19.2 Å². The van der Waals surface area contributed by atoms with Crippen LogP contribution in [-0.2, 0) is 21.3 Å². The lowest BCUT2D eigenvalue weighted by molar-refractivity contribution is 0.0730. The van der Waals surface area contributed by atoms with Gasteiger partial charge in [-0.15, -0.1) is 0 Å². The Hall–Kier alpha value is -2.46. The average molecular weight is 488 g/mol. The molecule has 2 heterocycles. The van der Waals surface area contributed by atoms with Gasteiger partial charge in [0.25, 0.3) is 5.91 Å². The second-order valence-electron chi connectivity index (χ2n) is 8.83. The lowest BCUT2D eigenvalue weighted by Gasteiger charge is -2.32. The number of piperidine rings is 1. The van der Waals surface area contributed by atoms with Gasteiger partial charge in [-0.25, -0.2) is 8.42 Å². The first-order valence-corrected chi connectivity index (χ1v) is 13.2. The molecule has 0 unspecified atom stereocenters. The first-order valence-electron chi connectivity index (χ1n) is 11.7. The van der Waals surface area contributed by atoms with Crippen molar-refractivity contribution in [3.05, 3.63) is 59.2 Å². The summed E-state index contributed by atoms with van der Waals surface area (Å²) in [5.74, 6) is 0.667. The lowest BCUT2D eigenvalue weighted by Crippen LogP contribution is -2.44. The number of morpholine rings is 1. The number of aryl methyl sites for hydroxylation is 1. The zero-order valence-electron chi connectivity index (χ0n) is 19.8. The van der Waals surface area contributed by atoms with Crippen molar-refractivity contribution >= 4 is 15.9 Å². The normalized spacial score (nSPS) is 18.5. The Morgan fingerprint density at radius 2 is 1.79 bits per heavy atom. The van der Waals surface area contributed by atoms with E-state index in [1.165, 1.54) is 10.4 Å². The molecule has 1 amide bonds. The number of nitrogens with one attached hydrogen (secondary N) is 1. The van der Waals surface area contributed by atoms with Crippen LogP contribution in [0.2, 0.25) is 0 Å². The number of carbonyl (C=O) groups excluding carboxylic acids is 1. The number of sulfonamides is 1. The maximum absolute atomic E-state index is 13.1. The van der Waals surface area contributed by atoms with Gasteiger partial charge in [-0.05, 0) is 43.5 Å². The molecular weight excluding hydrogens is 454 g/mol. The predicted octanol–water partition coefficient (Wildman–Crippen LogP) is 2.42. The van der Waals surface area contributed by atoms with Crippen molar-refractivity contribution in [1.82, 2.24) is 14.5 Å². The maximum atomic E-state index is 13.1. The molecule has 0 radical (unpaired) electrons. The Morgan fingerprint density at radius 1 is 1.09 bits per heavy atom. The topological polar surface area (TPSA) is 88.2 Å². The highest BCUT2D eigenvalue weighted by Gasteiger charge is 2.28. The van der Waals surface area contributed by atoms with Crippen molar-refractivity contribution in [2.45, 2.75) is 37.2 Å². The van der Waals surface area contributed by atoms with E-state index in [2.05, 4.69) is 16.3 Å². The fourth-order valence-electron chi connectivity index (χ4n) is 4.52. The molecular formula is C25H33N3O5S. The summed E-state index contributed by atoms with van der Waals surface area (Å²) in [6, 6.07) is 12.9. The molecule has 1 N–H and O–H groups in total. The average Bonchev–Trinajstić information content (AvgIpc) is 2.86. The highest BCUT2D eigenvalue weighted by atomic mass is 32.2. The summed E-state index contributed by atoms with van der Waals surface area (Å²) < 4.78 is 38.2. The summed E-state index contributed by atoms with van der Waals surface area (Å²) in [5.41, 5.74) is 2.32. The molecule has 184 valence electrons. The summed E-state index contributed by atoms with van der Waals surface area (Å²) in [6.07, 6.45) is 1.68. The molecule has 2 aromatic carbocycles. The third-order valence-electron chi connectivity index (χ3n) is 6.57. The number of para-hydroxylation sites is 1. The van der Waals surface area contributed by atoms with E-state index >= 15 is 0 Å². The van der Waals surface area contributed by atoms with Gasteiger partial charge in [-0.1, -0.05) is 24.3 Å². The number of amides is 1. The van der Waals surface area contributed by atoms with Crippen LogP contribution in [0.5, 0.6) is 5.75 Å². The Labute approximate surface area is 201 Å². The molecule has 2 fully saturated rings. The van der Waals surface area contributed by atoms with E-state index in [0.29, 0.717) is 31.9 Å². The molecule has 2 aliphatic heterocycles. The molecule has 4 rings (SSSR count). The number of carbonyl (C=O) groups is 1. The van der Waals surface area contributed by atoms with Crippen LogP contribution in [0.15, 0.2) is 47.4 Å². The van der Waals surface area contributed by atoms with Crippen molar-refractivity contribution in [3.63, 3.8) is 0 Å². The number of hydrogen-bond acceptors (Lipinski definition) is 6. The van der Waals surface area contributed by atoms with Gasteiger partial charge in [0, 0.05) is 49.9 Å². The standard InChI is InChI=1S/C25H33N3O5S/c1-19-7-8-22(34(30,31)28-13-15-33-16-14-28)17-23(19)25(29)26-21-9-11-27(12-10-21)18-20-5-3-4-6-24(20)32-2/h3-8,17,21H,9-16,18H2,1-2H3,(H,26,29). The number of nitrogens with zero attached hydrogens (tertiary/aromatic N) is 2. The van der Waals surface area contributed by atoms with Crippen LogP contribution in [0.25, 0.3) is 0 Å². The minimum atomic E-state index is -3.65. The minimum absolute atomic E-state index is 0.0559. The fraction of sp³-hybridized carbons (Fsp3) is 0.480. The van der Waals surface area contributed by atoms with Crippen molar-refractivity contribution in [1.29, 1.82) is 0 Å². The van der Waals surface area contributed by atoms with Gasteiger partial charge >= 0.3 is 0 Å². The second kappa shape index (κ2) is 10.9. The first kappa shape index (κ1) is 24.7. The molecule has 9 heteroatoms. The van der Waals surface area contributed by atoms with Crippen LogP contribution in [0, 0.1) is 6.92 Å². The van der Waals surface area contributed by atoms with E-state index in [-0.39, 0.29) is 16.8 Å². The molecule has 2 aliphatic rings. The third-order valence-corrected chi connectivity index (χ3v) is 8.47. The van der Waals surface area contributed by atoms with E-state index < -0.39 is 10.0 Å². The summed E-state index contributed by atoms with van der Waals surface area (Å²) in [6.45, 7) is 5.79. The first-order chi connectivity index (χ1) is 16.4. The van der Waals surface area contributed by atoms with E-state index in [1.807, 2.05) is 25.1 Å². The quantitative estimate of drug-likeness (QED) is 0.645.